The molecular weight excluding hydrogens is 370 g/mol. The number of nitrogens with zero attached hydrogens (tertiary/aromatic N) is 2. The van der Waals surface area contributed by atoms with E-state index in [0.717, 1.165) is 19.4 Å². The largest absolute Gasteiger partial charge is 0.364 e. The standard InChI is InChI=1S/C26H27N3O/c1-17-22-5-3-4-6-23(22)26-16-21(28-18(2)30)11-14-29(26)25-8-7-20(15-24(17)25)19-9-12-27-13-10-19/h3-10,12-13,15,17,21,26H,11,14,16H2,1-2H3,(H,28,30)/t17-,21-,26-/m1/s1. The quantitative estimate of drug-likeness (QED) is 0.657. The monoisotopic (exact) mass is 397 g/mol. The van der Waals surface area contributed by atoms with Gasteiger partial charge in [-0.1, -0.05) is 37.3 Å². The molecule has 5 rings (SSSR count). The van der Waals surface area contributed by atoms with E-state index in [1.807, 2.05) is 12.4 Å². The molecule has 0 bridgehead atoms. The van der Waals surface area contributed by atoms with Crippen molar-refractivity contribution in [2.75, 3.05) is 11.4 Å². The van der Waals surface area contributed by atoms with E-state index >= 15 is 0 Å². The highest BCUT2D eigenvalue weighted by molar-refractivity contribution is 5.74. The highest BCUT2D eigenvalue weighted by Gasteiger charge is 2.36. The van der Waals surface area contributed by atoms with Gasteiger partial charge in [0.25, 0.3) is 0 Å². The van der Waals surface area contributed by atoms with Gasteiger partial charge in [-0.05, 0) is 64.9 Å². The Hall–Kier alpha value is -3.14. The number of carbonyl (C=O) groups excluding carboxylic acids is 1. The Morgan fingerprint density at radius 3 is 2.53 bits per heavy atom. The molecule has 152 valence electrons. The van der Waals surface area contributed by atoms with Crippen LogP contribution in [0.2, 0.25) is 0 Å². The molecule has 2 aromatic carbocycles. The smallest absolute Gasteiger partial charge is 0.217 e. The summed E-state index contributed by atoms with van der Waals surface area (Å²) in [5.74, 6) is 0.369. The summed E-state index contributed by atoms with van der Waals surface area (Å²) in [5, 5.41) is 3.16. The molecule has 30 heavy (non-hydrogen) atoms. The van der Waals surface area contributed by atoms with Crippen LogP contribution in [0.15, 0.2) is 67.0 Å². The van der Waals surface area contributed by atoms with Gasteiger partial charge in [0.05, 0.1) is 6.04 Å². The summed E-state index contributed by atoms with van der Waals surface area (Å²) in [7, 11) is 0. The molecular formula is C26H27N3O. The fraction of sp³-hybridized carbons (Fsp3) is 0.308. The number of nitrogens with one attached hydrogen (secondary N) is 1. The second-order valence-electron chi connectivity index (χ2n) is 8.49. The molecule has 0 spiro atoms. The molecule has 3 heterocycles. The van der Waals surface area contributed by atoms with E-state index in [2.05, 4.69) is 76.7 Å². The van der Waals surface area contributed by atoms with Crippen LogP contribution in [0.1, 0.15) is 55.3 Å². The zero-order chi connectivity index (χ0) is 20.7. The van der Waals surface area contributed by atoms with Gasteiger partial charge in [0.15, 0.2) is 0 Å². The van der Waals surface area contributed by atoms with Gasteiger partial charge < -0.3 is 10.2 Å². The van der Waals surface area contributed by atoms with Crippen LogP contribution < -0.4 is 10.2 Å². The van der Waals surface area contributed by atoms with Crippen molar-refractivity contribution in [3.63, 3.8) is 0 Å². The third-order valence-corrected chi connectivity index (χ3v) is 6.65. The maximum absolute atomic E-state index is 11.7. The molecule has 3 atom stereocenters. The molecule has 0 unspecified atom stereocenters. The summed E-state index contributed by atoms with van der Waals surface area (Å²) in [5.41, 5.74) is 7.90. The normalized spacial score (nSPS) is 22.3. The highest BCUT2D eigenvalue weighted by Crippen LogP contribution is 2.47. The maximum Gasteiger partial charge on any atom is 0.217 e. The van der Waals surface area contributed by atoms with Crippen molar-refractivity contribution >= 4 is 11.6 Å². The predicted octanol–water partition coefficient (Wildman–Crippen LogP) is 5.06. The summed E-state index contributed by atoms with van der Waals surface area (Å²) in [4.78, 5) is 18.4. The summed E-state index contributed by atoms with van der Waals surface area (Å²) in [6.07, 6.45) is 5.61. The molecule has 3 aromatic rings. The van der Waals surface area contributed by atoms with Crippen molar-refractivity contribution in [2.45, 2.75) is 44.7 Å². The van der Waals surface area contributed by atoms with Gasteiger partial charge in [-0.3, -0.25) is 9.78 Å². The fourth-order valence-electron chi connectivity index (χ4n) is 5.23. The Labute approximate surface area is 178 Å². The van der Waals surface area contributed by atoms with E-state index in [1.54, 1.807) is 6.92 Å². The molecule has 1 amide bonds. The average molecular weight is 398 g/mol. The summed E-state index contributed by atoms with van der Waals surface area (Å²) in [6, 6.07) is 20.4. The Morgan fingerprint density at radius 1 is 1.00 bits per heavy atom. The maximum atomic E-state index is 11.7. The molecule has 4 nitrogen and oxygen atoms in total. The Morgan fingerprint density at radius 2 is 1.77 bits per heavy atom. The fourth-order valence-corrected chi connectivity index (χ4v) is 5.23. The molecule has 1 fully saturated rings. The molecule has 0 aliphatic carbocycles. The van der Waals surface area contributed by atoms with Crippen molar-refractivity contribution in [2.24, 2.45) is 0 Å². The van der Waals surface area contributed by atoms with Crippen LogP contribution in [-0.2, 0) is 4.79 Å². The molecule has 0 saturated carbocycles. The van der Waals surface area contributed by atoms with E-state index < -0.39 is 0 Å². The van der Waals surface area contributed by atoms with Crippen LogP contribution in [-0.4, -0.2) is 23.5 Å². The number of hydrogen-bond donors (Lipinski definition) is 1. The zero-order valence-electron chi connectivity index (χ0n) is 17.5. The van der Waals surface area contributed by atoms with Gasteiger partial charge >= 0.3 is 0 Å². The van der Waals surface area contributed by atoms with E-state index in [0.29, 0.717) is 5.92 Å². The van der Waals surface area contributed by atoms with E-state index in [-0.39, 0.29) is 18.0 Å². The number of amides is 1. The van der Waals surface area contributed by atoms with Gasteiger partial charge in [0.1, 0.15) is 0 Å². The topological polar surface area (TPSA) is 45.2 Å². The van der Waals surface area contributed by atoms with Crippen molar-refractivity contribution < 1.29 is 4.79 Å². The highest BCUT2D eigenvalue weighted by atomic mass is 16.1. The number of aromatic nitrogens is 1. The lowest BCUT2D eigenvalue weighted by Gasteiger charge is -2.41. The minimum absolute atomic E-state index is 0.0612. The summed E-state index contributed by atoms with van der Waals surface area (Å²) >= 11 is 0. The average Bonchev–Trinajstić information content (AvgIpc) is 2.87. The first-order chi connectivity index (χ1) is 14.6. The van der Waals surface area contributed by atoms with Crippen LogP contribution in [0, 0.1) is 0 Å². The second-order valence-corrected chi connectivity index (χ2v) is 8.49. The van der Waals surface area contributed by atoms with E-state index in [9.17, 15) is 4.79 Å². The number of rotatable bonds is 2. The zero-order valence-corrected chi connectivity index (χ0v) is 17.5. The van der Waals surface area contributed by atoms with E-state index in [1.165, 1.54) is 33.5 Å². The lowest BCUT2D eigenvalue weighted by atomic mass is 9.85. The van der Waals surface area contributed by atoms with Gasteiger partial charge in [0.2, 0.25) is 5.91 Å². The number of piperidine rings is 1. The van der Waals surface area contributed by atoms with Crippen molar-refractivity contribution in [1.29, 1.82) is 0 Å². The number of hydrogen-bond acceptors (Lipinski definition) is 3. The molecule has 4 heteroatoms. The van der Waals surface area contributed by atoms with Gasteiger partial charge in [-0.15, -0.1) is 0 Å². The summed E-state index contributed by atoms with van der Waals surface area (Å²) < 4.78 is 0. The van der Waals surface area contributed by atoms with Crippen LogP contribution in [0.4, 0.5) is 5.69 Å². The SMILES string of the molecule is CC(=O)N[C@@H]1CCN2c3ccc(-c4ccncc4)cc3[C@H](C)c3ccccc3[C@H]2C1. The number of carbonyl (C=O) groups is 1. The van der Waals surface area contributed by atoms with Crippen LogP contribution in [0.5, 0.6) is 0 Å². The Balaban J connectivity index is 1.62. The van der Waals surface area contributed by atoms with E-state index in [4.69, 9.17) is 0 Å². The van der Waals surface area contributed by atoms with Crippen molar-refractivity contribution in [3.05, 3.63) is 83.7 Å². The minimum Gasteiger partial charge on any atom is -0.364 e. The lowest BCUT2D eigenvalue weighted by molar-refractivity contribution is -0.119. The van der Waals surface area contributed by atoms with Crippen LogP contribution in [0.3, 0.4) is 0 Å². The predicted molar refractivity (Wildman–Crippen MR) is 121 cm³/mol. The lowest BCUT2D eigenvalue weighted by Crippen LogP contribution is -2.45. The Kier molecular flexibility index (Phi) is 4.78. The molecule has 2 aliphatic rings. The van der Waals surface area contributed by atoms with Crippen LogP contribution >= 0.6 is 0 Å². The number of benzene rings is 2. The first-order valence-electron chi connectivity index (χ1n) is 10.8. The second kappa shape index (κ2) is 7.60. The number of fused-ring (bicyclic) bond motifs is 5. The molecule has 1 saturated heterocycles. The molecule has 2 aliphatic heterocycles. The Bertz CT molecular complexity index is 1080. The first kappa shape index (κ1) is 18.9. The molecule has 0 radical (unpaired) electrons. The van der Waals surface area contributed by atoms with Gasteiger partial charge in [-0.2, -0.15) is 0 Å². The number of anilines is 1. The summed E-state index contributed by atoms with van der Waals surface area (Å²) in [6.45, 7) is 4.88. The van der Waals surface area contributed by atoms with Gasteiger partial charge in [0, 0.05) is 43.5 Å². The van der Waals surface area contributed by atoms with Crippen molar-refractivity contribution in [1.82, 2.24) is 10.3 Å². The minimum atomic E-state index is 0.0612. The third-order valence-electron chi connectivity index (χ3n) is 6.65. The van der Waals surface area contributed by atoms with Gasteiger partial charge in [-0.25, -0.2) is 0 Å². The van der Waals surface area contributed by atoms with Crippen molar-refractivity contribution in [3.8, 4) is 11.1 Å². The first-order valence-corrected chi connectivity index (χ1v) is 10.8. The van der Waals surface area contributed by atoms with Crippen LogP contribution in [0.25, 0.3) is 11.1 Å². The number of pyridine rings is 1. The molecule has 1 N–H and O–H groups in total. The molecule has 1 aromatic heterocycles. The third kappa shape index (κ3) is 3.26.